The van der Waals surface area contributed by atoms with E-state index in [0.717, 1.165) is 23.7 Å². The fourth-order valence-corrected chi connectivity index (χ4v) is 2.69. The highest BCUT2D eigenvalue weighted by Gasteiger charge is 2.05. The van der Waals surface area contributed by atoms with Crippen LogP contribution in [0.25, 0.3) is 0 Å². The zero-order valence-corrected chi connectivity index (χ0v) is 14.8. The van der Waals surface area contributed by atoms with Crippen LogP contribution in [0.5, 0.6) is 5.75 Å². The van der Waals surface area contributed by atoms with Crippen LogP contribution in [0.3, 0.4) is 0 Å². The van der Waals surface area contributed by atoms with Gasteiger partial charge in [-0.1, -0.05) is 30.3 Å². The molecule has 2 amide bonds. The number of carbonyl (C=O) groups excluding carboxylic acids is 1. The molecule has 0 spiro atoms. The summed E-state index contributed by atoms with van der Waals surface area (Å²) in [5, 5.41) is 5.73. The van der Waals surface area contributed by atoms with Crippen molar-refractivity contribution in [3.63, 3.8) is 0 Å². The van der Waals surface area contributed by atoms with Gasteiger partial charge in [0.25, 0.3) is 0 Å². The van der Waals surface area contributed by atoms with Gasteiger partial charge in [0.2, 0.25) is 0 Å². The van der Waals surface area contributed by atoms with Crippen LogP contribution in [0.4, 0.5) is 10.5 Å². The van der Waals surface area contributed by atoms with Gasteiger partial charge < -0.3 is 19.9 Å². The van der Waals surface area contributed by atoms with Crippen molar-refractivity contribution < 1.29 is 9.53 Å². The molecule has 0 unspecified atom stereocenters. The third kappa shape index (κ3) is 4.89. The van der Waals surface area contributed by atoms with Crippen molar-refractivity contribution in [1.82, 2.24) is 9.88 Å². The maximum absolute atomic E-state index is 12.1. The second kappa shape index (κ2) is 8.76. The van der Waals surface area contributed by atoms with E-state index in [2.05, 4.69) is 27.3 Å². The van der Waals surface area contributed by atoms with E-state index in [0.29, 0.717) is 13.2 Å². The summed E-state index contributed by atoms with van der Waals surface area (Å²) in [5.74, 6) is 0.789. The van der Waals surface area contributed by atoms with Gasteiger partial charge in [-0.15, -0.1) is 0 Å². The smallest absolute Gasteiger partial charge is 0.319 e. The van der Waals surface area contributed by atoms with Gasteiger partial charge in [0.05, 0.1) is 13.2 Å². The Labute approximate surface area is 153 Å². The summed E-state index contributed by atoms with van der Waals surface area (Å²) in [5.41, 5.74) is 3.00. The molecule has 5 heteroatoms. The normalized spacial score (nSPS) is 10.3. The third-order valence-electron chi connectivity index (χ3n) is 3.97. The molecule has 3 aromatic rings. The molecule has 0 aliphatic carbocycles. The molecule has 0 saturated heterocycles. The van der Waals surface area contributed by atoms with Crippen molar-refractivity contribution in [2.75, 3.05) is 11.9 Å². The van der Waals surface area contributed by atoms with Crippen molar-refractivity contribution in [3.8, 4) is 5.75 Å². The molecule has 1 heterocycles. The van der Waals surface area contributed by atoms with Crippen molar-refractivity contribution in [2.24, 2.45) is 0 Å². The predicted octanol–water partition coefficient (Wildman–Crippen LogP) is 4.26. The number of hydrogen-bond donors (Lipinski definition) is 2. The average Bonchev–Trinajstić information content (AvgIpc) is 3.10. The first-order valence-corrected chi connectivity index (χ1v) is 8.70. The number of nitrogens with zero attached hydrogens (tertiary/aromatic N) is 1. The van der Waals surface area contributed by atoms with E-state index >= 15 is 0 Å². The molecule has 134 valence electrons. The van der Waals surface area contributed by atoms with Crippen LogP contribution in [0, 0.1) is 0 Å². The quantitative estimate of drug-likeness (QED) is 0.670. The fourth-order valence-electron chi connectivity index (χ4n) is 2.69. The summed E-state index contributed by atoms with van der Waals surface area (Å²) in [7, 11) is 0. The van der Waals surface area contributed by atoms with Crippen molar-refractivity contribution >= 4 is 11.7 Å². The standard InChI is InChI=1S/C21H23N3O2/c1-2-26-20-12-10-18(11-13-20)23-21(25)22-15-19-9-6-14-24(19)16-17-7-4-3-5-8-17/h3-14H,2,15-16H2,1H3,(H2,22,23,25). The number of aromatic nitrogens is 1. The Bertz CT molecular complexity index is 826. The molecule has 0 fully saturated rings. The van der Waals surface area contributed by atoms with Crippen LogP contribution >= 0.6 is 0 Å². The zero-order valence-electron chi connectivity index (χ0n) is 14.8. The monoisotopic (exact) mass is 349 g/mol. The lowest BCUT2D eigenvalue weighted by atomic mass is 10.2. The van der Waals surface area contributed by atoms with Gasteiger partial charge in [0, 0.05) is 24.1 Å². The maximum atomic E-state index is 12.1. The number of urea groups is 1. The lowest BCUT2D eigenvalue weighted by Crippen LogP contribution is -2.29. The molecule has 0 aliphatic heterocycles. The highest BCUT2D eigenvalue weighted by molar-refractivity contribution is 5.89. The Hall–Kier alpha value is -3.21. The van der Waals surface area contributed by atoms with Gasteiger partial charge in [-0.2, -0.15) is 0 Å². The first-order valence-electron chi connectivity index (χ1n) is 8.70. The molecule has 0 saturated carbocycles. The minimum absolute atomic E-state index is 0.235. The number of anilines is 1. The minimum Gasteiger partial charge on any atom is -0.494 e. The largest absolute Gasteiger partial charge is 0.494 e. The summed E-state index contributed by atoms with van der Waals surface area (Å²) < 4.78 is 7.52. The Morgan fingerprint density at radius 2 is 1.77 bits per heavy atom. The lowest BCUT2D eigenvalue weighted by molar-refractivity contribution is 0.251. The van der Waals surface area contributed by atoms with Crippen LogP contribution in [0.1, 0.15) is 18.2 Å². The molecule has 1 aromatic heterocycles. The predicted molar refractivity (Wildman–Crippen MR) is 103 cm³/mol. The molecule has 2 N–H and O–H groups in total. The van der Waals surface area contributed by atoms with E-state index in [1.165, 1.54) is 5.56 Å². The van der Waals surface area contributed by atoms with Gasteiger partial charge in [-0.3, -0.25) is 0 Å². The summed E-state index contributed by atoms with van der Waals surface area (Å²) in [4.78, 5) is 12.1. The van der Waals surface area contributed by atoms with Crippen LogP contribution in [-0.2, 0) is 13.1 Å². The van der Waals surface area contributed by atoms with Crippen LogP contribution < -0.4 is 15.4 Å². The summed E-state index contributed by atoms with van der Waals surface area (Å²) in [6.07, 6.45) is 2.02. The van der Waals surface area contributed by atoms with E-state index in [4.69, 9.17) is 4.74 Å². The summed E-state index contributed by atoms with van der Waals surface area (Å²) >= 11 is 0. The Balaban J connectivity index is 1.52. The second-order valence-corrected chi connectivity index (χ2v) is 5.88. The topological polar surface area (TPSA) is 55.3 Å². The lowest BCUT2D eigenvalue weighted by Gasteiger charge is -2.12. The highest BCUT2D eigenvalue weighted by atomic mass is 16.5. The molecule has 0 bridgehead atoms. The molecule has 26 heavy (non-hydrogen) atoms. The van der Waals surface area contributed by atoms with Crippen LogP contribution in [-0.4, -0.2) is 17.2 Å². The molecule has 3 rings (SSSR count). The minimum atomic E-state index is -0.235. The fraction of sp³-hybridized carbons (Fsp3) is 0.190. The number of benzene rings is 2. The number of ether oxygens (including phenoxy) is 1. The molecular formula is C21H23N3O2. The molecule has 2 aromatic carbocycles. The van der Waals surface area contributed by atoms with Crippen molar-refractivity contribution in [2.45, 2.75) is 20.0 Å². The van der Waals surface area contributed by atoms with Gasteiger partial charge in [-0.05, 0) is 48.9 Å². The number of amides is 2. The number of nitrogens with one attached hydrogen (secondary N) is 2. The second-order valence-electron chi connectivity index (χ2n) is 5.88. The van der Waals surface area contributed by atoms with Crippen molar-refractivity contribution in [3.05, 3.63) is 84.2 Å². The SMILES string of the molecule is CCOc1ccc(NC(=O)NCc2cccn2Cc2ccccc2)cc1. The first-order chi connectivity index (χ1) is 12.7. The number of hydrogen-bond acceptors (Lipinski definition) is 2. The van der Waals surface area contributed by atoms with Crippen LogP contribution in [0.2, 0.25) is 0 Å². The van der Waals surface area contributed by atoms with Gasteiger partial charge >= 0.3 is 6.03 Å². The Morgan fingerprint density at radius 3 is 2.50 bits per heavy atom. The molecule has 5 nitrogen and oxygen atoms in total. The molecule has 0 radical (unpaired) electrons. The molecule has 0 aliphatic rings. The van der Waals surface area contributed by atoms with Crippen molar-refractivity contribution in [1.29, 1.82) is 0 Å². The summed E-state index contributed by atoms with van der Waals surface area (Å²) in [6, 6.07) is 21.3. The summed E-state index contributed by atoms with van der Waals surface area (Å²) in [6.45, 7) is 3.80. The van der Waals surface area contributed by atoms with E-state index in [-0.39, 0.29) is 6.03 Å². The highest BCUT2D eigenvalue weighted by Crippen LogP contribution is 2.15. The van der Waals surface area contributed by atoms with E-state index in [1.807, 2.05) is 67.7 Å². The van der Waals surface area contributed by atoms with E-state index in [1.54, 1.807) is 0 Å². The average molecular weight is 349 g/mol. The Kier molecular flexibility index (Phi) is 5.93. The van der Waals surface area contributed by atoms with Gasteiger partial charge in [0.15, 0.2) is 0 Å². The molecule has 0 atom stereocenters. The van der Waals surface area contributed by atoms with Crippen LogP contribution in [0.15, 0.2) is 72.9 Å². The zero-order chi connectivity index (χ0) is 18.2. The van der Waals surface area contributed by atoms with Gasteiger partial charge in [-0.25, -0.2) is 4.79 Å². The number of carbonyl (C=O) groups is 1. The van der Waals surface area contributed by atoms with Gasteiger partial charge in [0.1, 0.15) is 5.75 Å². The molecular weight excluding hydrogens is 326 g/mol. The van der Waals surface area contributed by atoms with E-state index < -0.39 is 0 Å². The third-order valence-corrected chi connectivity index (χ3v) is 3.97. The number of rotatable bonds is 7. The van der Waals surface area contributed by atoms with E-state index in [9.17, 15) is 4.79 Å². The maximum Gasteiger partial charge on any atom is 0.319 e. The Morgan fingerprint density at radius 1 is 1.00 bits per heavy atom. The first kappa shape index (κ1) is 17.6.